The van der Waals surface area contributed by atoms with Crippen molar-refractivity contribution in [1.29, 1.82) is 0 Å². The van der Waals surface area contributed by atoms with Crippen LogP contribution in [0.4, 0.5) is 0 Å². The maximum absolute atomic E-state index is 7.28. The van der Waals surface area contributed by atoms with Gasteiger partial charge in [-0.05, 0) is 57.4 Å². The summed E-state index contributed by atoms with van der Waals surface area (Å²) in [7, 11) is 0. The standard InChI is InChI=1S/C31H24NO.C13H12N.Ir/c1-31(2,3)23-14-11-20(12-15-23)22-17-18-32-28(19-22)27-10-6-9-25-26-16-13-21-7-4-5-8-24(21)29(26)33-30(25)27;1-10-3-6-12(7-4-10)13-8-5-11(2)9-14-13;/h4-9,11-19H,1-3H3;3-6,8-9H,1-2H3;/q2*-1;/i;1D3,2D3;. The van der Waals surface area contributed by atoms with Gasteiger partial charge in [0.1, 0.15) is 5.58 Å². The van der Waals surface area contributed by atoms with Crippen LogP contribution < -0.4 is 0 Å². The second-order valence-electron chi connectivity index (χ2n) is 12.5. The van der Waals surface area contributed by atoms with Gasteiger partial charge in [0, 0.05) is 51.5 Å². The van der Waals surface area contributed by atoms with Gasteiger partial charge in [0.15, 0.2) is 0 Å². The van der Waals surface area contributed by atoms with Gasteiger partial charge in [-0.1, -0.05) is 117 Å². The minimum Gasteiger partial charge on any atom is -0.500 e. The van der Waals surface area contributed by atoms with Crippen molar-refractivity contribution in [3.05, 3.63) is 156 Å². The van der Waals surface area contributed by atoms with Crippen molar-refractivity contribution in [2.75, 3.05) is 0 Å². The summed E-state index contributed by atoms with van der Waals surface area (Å²) in [5, 5.41) is 4.50. The Morgan fingerprint density at radius 1 is 0.667 bits per heavy atom. The Balaban J connectivity index is 0.000000205. The first kappa shape index (κ1) is 26.1. The quantitative estimate of drug-likeness (QED) is 0.167. The van der Waals surface area contributed by atoms with Gasteiger partial charge >= 0.3 is 0 Å². The molecule has 0 amide bonds. The molecular formula is C44H36IrN2O-2. The van der Waals surface area contributed by atoms with E-state index in [1.54, 1.807) is 12.1 Å². The van der Waals surface area contributed by atoms with Crippen molar-refractivity contribution < 1.29 is 32.7 Å². The third-order valence-corrected chi connectivity index (χ3v) is 8.28. The Kier molecular flexibility index (Phi) is 7.44. The number of hydrogen-bond donors (Lipinski definition) is 0. The van der Waals surface area contributed by atoms with Gasteiger partial charge in [-0.3, -0.25) is 0 Å². The smallest absolute Gasteiger partial charge is 0.128 e. The number of nitrogens with zero attached hydrogens (tertiary/aromatic N) is 2. The third kappa shape index (κ3) is 6.73. The molecule has 1 radical (unpaired) electrons. The molecule has 0 N–H and O–H groups in total. The Morgan fingerprint density at radius 3 is 2.19 bits per heavy atom. The molecule has 4 heteroatoms. The van der Waals surface area contributed by atoms with Crippen LogP contribution in [0, 0.1) is 25.8 Å². The zero-order chi connectivity index (χ0) is 37.5. The van der Waals surface area contributed by atoms with Gasteiger partial charge in [-0.25, -0.2) is 0 Å². The van der Waals surface area contributed by atoms with Gasteiger partial charge in [0.05, 0.1) is 5.58 Å². The predicted octanol–water partition coefficient (Wildman–Crippen LogP) is 11.7. The summed E-state index contributed by atoms with van der Waals surface area (Å²) in [4.78, 5) is 8.76. The average molecular weight is 807 g/mol. The van der Waals surface area contributed by atoms with Crippen LogP contribution in [0.3, 0.4) is 0 Å². The Hall–Kier alpha value is -4.89. The largest absolute Gasteiger partial charge is 0.500 e. The number of aryl methyl sites for hydroxylation is 2. The van der Waals surface area contributed by atoms with E-state index in [9.17, 15) is 0 Å². The van der Waals surface area contributed by atoms with E-state index in [4.69, 9.17) is 12.6 Å². The van der Waals surface area contributed by atoms with Crippen LogP contribution in [-0.4, -0.2) is 9.97 Å². The molecule has 0 saturated carbocycles. The van der Waals surface area contributed by atoms with Crippen LogP contribution in [-0.2, 0) is 25.5 Å². The number of benzene rings is 5. The molecule has 48 heavy (non-hydrogen) atoms. The summed E-state index contributed by atoms with van der Waals surface area (Å²) in [5.74, 6) is 0. The van der Waals surface area contributed by atoms with Gasteiger partial charge in [0.2, 0.25) is 0 Å². The molecule has 0 aliphatic rings. The van der Waals surface area contributed by atoms with E-state index in [1.807, 2.05) is 12.3 Å². The van der Waals surface area contributed by atoms with E-state index < -0.39 is 13.7 Å². The average Bonchev–Trinajstić information content (AvgIpc) is 3.54. The Labute approximate surface area is 304 Å². The van der Waals surface area contributed by atoms with Crippen LogP contribution in [0.25, 0.3) is 66.4 Å². The van der Waals surface area contributed by atoms with Crippen LogP contribution in [0.1, 0.15) is 45.7 Å². The number of pyridine rings is 2. The second kappa shape index (κ2) is 13.7. The third-order valence-electron chi connectivity index (χ3n) is 8.28. The monoisotopic (exact) mass is 807 g/mol. The molecule has 5 aromatic carbocycles. The topological polar surface area (TPSA) is 38.9 Å². The molecule has 0 bridgehead atoms. The van der Waals surface area contributed by atoms with Crippen molar-refractivity contribution in [2.24, 2.45) is 0 Å². The molecule has 0 saturated heterocycles. The molecule has 0 atom stereocenters. The van der Waals surface area contributed by atoms with Gasteiger partial charge in [-0.15, -0.1) is 53.6 Å². The van der Waals surface area contributed by atoms with Gasteiger partial charge in [0.25, 0.3) is 0 Å². The minimum atomic E-state index is -2.18. The summed E-state index contributed by atoms with van der Waals surface area (Å²) in [5.41, 5.74) is 8.82. The first-order valence-electron chi connectivity index (χ1n) is 18.5. The number of aromatic nitrogens is 2. The normalized spacial score (nSPS) is 13.6. The Bertz CT molecular complexity index is 2500. The second-order valence-corrected chi connectivity index (χ2v) is 12.5. The van der Waals surface area contributed by atoms with E-state index in [0.717, 1.165) is 44.1 Å². The van der Waals surface area contributed by atoms with E-state index in [1.165, 1.54) is 40.9 Å². The maximum Gasteiger partial charge on any atom is 0.128 e. The zero-order valence-electron chi connectivity index (χ0n) is 32.8. The van der Waals surface area contributed by atoms with Crippen LogP contribution in [0.5, 0.6) is 0 Å². The zero-order valence-corrected chi connectivity index (χ0v) is 29.2. The summed E-state index contributed by atoms with van der Waals surface area (Å²) >= 11 is 0. The maximum atomic E-state index is 7.28. The number of fused-ring (bicyclic) bond motifs is 5. The molecule has 0 fully saturated rings. The molecule has 3 heterocycles. The number of furan rings is 1. The van der Waals surface area contributed by atoms with E-state index in [0.29, 0.717) is 11.3 Å². The van der Waals surface area contributed by atoms with Gasteiger partial charge < -0.3 is 14.4 Å². The SMILES string of the molecule is CC(C)(C)c1ccc(-c2ccnc(-c3[c-]ccc4c3oc3c5ccccc5ccc43)c2)cc1.[2H]C([2H])([2H])c1c[c-]c(-c2ccc(C([2H])([2H])[2H])cn2)cc1.[Ir]. The van der Waals surface area contributed by atoms with E-state index in [-0.39, 0.29) is 36.6 Å². The van der Waals surface area contributed by atoms with Crippen LogP contribution >= 0.6 is 0 Å². The molecule has 3 aromatic heterocycles. The Morgan fingerprint density at radius 2 is 1.46 bits per heavy atom. The van der Waals surface area contributed by atoms with Crippen molar-refractivity contribution in [3.63, 3.8) is 0 Å². The van der Waals surface area contributed by atoms with Crippen molar-refractivity contribution in [3.8, 4) is 33.6 Å². The van der Waals surface area contributed by atoms with E-state index in [2.05, 4.69) is 122 Å². The summed E-state index contributed by atoms with van der Waals surface area (Å²) in [6.45, 7) is 2.37. The predicted molar refractivity (Wildman–Crippen MR) is 195 cm³/mol. The number of hydrogen-bond acceptors (Lipinski definition) is 3. The van der Waals surface area contributed by atoms with E-state index >= 15 is 0 Å². The molecule has 8 rings (SSSR count). The molecule has 0 aliphatic heterocycles. The first-order chi connectivity index (χ1) is 25.2. The fraction of sp³-hybridized carbons (Fsp3) is 0.136. The molecule has 8 aromatic rings. The van der Waals surface area contributed by atoms with Crippen molar-refractivity contribution in [2.45, 2.75) is 39.9 Å². The van der Waals surface area contributed by atoms with Crippen LogP contribution in [0.2, 0.25) is 0 Å². The van der Waals surface area contributed by atoms with Crippen molar-refractivity contribution in [1.82, 2.24) is 9.97 Å². The summed E-state index contributed by atoms with van der Waals surface area (Å²) in [6, 6.07) is 43.5. The summed E-state index contributed by atoms with van der Waals surface area (Å²) in [6.07, 6.45) is 3.17. The molecule has 239 valence electrons. The fourth-order valence-corrected chi connectivity index (χ4v) is 5.71. The number of rotatable bonds is 3. The molecular weight excluding hydrogens is 765 g/mol. The van der Waals surface area contributed by atoms with Gasteiger partial charge in [-0.2, -0.15) is 0 Å². The molecule has 0 aliphatic carbocycles. The first-order valence-corrected chi connectivity index (χ1v) is 15.5. The molecule has 0 spiro atoms. The van der Waals surface area contributed by atoms with Crippen molar-refractivity contribution >= 4 is 32.7 Å². The molecule has 0 unspecified atom stereocenters. The molecule has 3 nitrogen and oxygen atoms in total. The fourth-order valence-electron chi connectivity index (χ4n) is 5.71. The minimum absolute atomic E-state index is 0. The summed E-state index contributed by atoms with van der Waals surface area (Å²) < 4.78 is 50.1. The van der Waals surface area contributed by atoms with Crippen LogP contribution in [0.15, 0.2) is 132 Å².